The molecule has 0 aliphatic carbocycles. The molecule has 2 aromatic heterocycles. The smallest absolute Gasteiger partial charge is 0.291 e. The summed E-state index contributed by atoms with van der Waals surface area (Å²) in [5.41, 5.74) is 2.82. The number of halogens is 2. The van der Waals surface area contributed by atoms with Crippen LogP contribution in [0.5, 0.6) is 0 Å². The van der Waals surface area contributed by atoms with Gasteiger partial charge in [0.25, 0.3) is 5.91 Å². The molecule has 2 heterocycles. The second-order valence-electron chi connectivity index (χ2n) is 3.68. The minimum Gasteiger partial charge on any atom is -0.440 e. The van der Waals surface area contributed by atoms with Gasteiger partial charge in [-0.2, -0.15) is 0 Å². The molecule has 0 bridgehead atoms. The molecule has 1 amide bonds. The van der Waals surface area contributed by atoms with Gasteiger partial charge in [-0.3, -0.25) is 4.79 Å². The molecule has 0 unspecified atom stereocenters. The van der Waals surface area contributed by atoms with Crippen molar-refractivity contribution in [3.63, 3.8) is 0 Å². The highest BCUT2D eigenvalue weighted by Crippen LogP contribution is 2.32. The maximum atomic E-state index is 12.0. The Bertz CT molecular complexity index is 766. The molecular formula is C12H6Cl2N2O2S. The summed E-state index contributed by atoms with van der Waals surface area (Å²) in [5.74, 6) is -0.303. The number of rotatable bonds is 2. The number of hydrogen-bond donors (Lipinski definition) is 1. The molecule has 0 aliphatic rings. The third-order valence-corrected chi connectivity index (χ3v) is 3.80. The lowest BCUT2D eigenvalue weighted by atomic mass is 10.2. The zero-order chi connectivity index (χ0) is 13.4. The SMILES string of the molecule is O=C(Nc1c(Cl)ccc2scnc12)c1ccc(Cl)o1. The van der Waals surface area contributed by atoms with Crippen LogP contribution in [0.3, 0.4) is 0 Å². The molecule has 3 aromatic rings. The first-order chi connectivity index (χ1) is 9.15. The van der Waals surface area contributed by atoms with Crippen LogP contribution in [-0.2, 0) is 0 Å². The molecule has 96 valence electrons. The van der Waals surface area contributed by atoms with Gasteiger partial charge in [-0.15, -0.1) is 11.3 Å². The summed E-state index contributed by atoms with van der Waals surface area (Å²) in [4.78, 5) is 16.2. The Kier molecular flexibility index (Phi) is 3.18. The fraction of sp³-hybridized carbons (Fsp3) is 0. The molecule has 0 aliphatic heterocycles. The largest absolute Gasteiger partial charge is 0.440 e. The third kappa shape index (κ3) is 2.32. The number of thiazole rings is 1. The zero-order valence-electron chi connectivity index (χ0n) is 9.31. The average molecular weight is 313 g/mol. The number of hydrogen-bond acceptors (Lipinski definition) is 4. The van der Waals surface area contributed by atoms with E-state index in [1.54, 1.807) is 11.6 Å². The molecule has 0 radical (unpaired) electrons. The predicted octanol–water partition coefficient (Wildman–Crippen LogP) is 4.45. The van der Waals surface area contributed by atoms with E-state index in [1.165, 1.54) is 23.5 Å². The summed E-state index contributed by atoms with van der Waals surface area (Å²) in [6.07, 6.45) is 0. The molecule has 0 spiro atoms. The first-order valence-electron chi connectivity index (χ1n) is 5.23. The monoisotopic (exact) mass is 312 g/mol. The second-order valence-corrected chi connectivity index (χ2v) is 5.35. The summed E-state index contributed by atoms with van der Waals surface area (Å²) in [7, 11) is 0. The Morgan fingerprint density at radius 2 is 2.11 bits per heavy atom. The number of benzene rings is 1. The summed E-state index contributed by atoms with van der Waals surface area (Å²) in [6.45, 7) is 0. The van der Waals surface area contributed by atoms with Gasteiger partial charge in [0.1, 0.15) is 5.52 Å². The number of carbonyl (C=O) groups excluding carboxylic acids is 1. The number of furan rings is 1. The lowest BCUT2D eigenvalue weighted by Gasteiger charge is -2.06. The second kappa shape index (κ2) is 4.85. The Morgan fingerprint density at radius 1 is 1.26 bits per heavy atom. The highest BCUT2D eigenvalue weighted by Gasteiger charge is 2.15. The summed E-state index contributed by atoms with van der Waals surface area (Å²) < 4.78 is 5.99. The Labute approximate surface area is 122 Å². The van der Waals surface area contributed by atoms with E-state index in [1.807, 2.05) is 6.07 Å². The van der Waals surface area contributed by atoms with Crippen molar-refractivity contribution in [1.29, 1.82) is 0 Å². The van der Waals surface area contributed by atoms with Crippen LogP contribution in [0, 0.1) is 0 Å². The van der Waals surface area contributed by atoms with Crippen LogP contribution in [0.25, 0.3) is 10.2 Å². The average Bonchev–Trinajstić information content (AvgIpc) is 3.01. The standard InChI is InChI=1S/C12H6Cl2N2O2S/c13-6-1-3-8-11(15-5-19-8)10(6)16-12(17)7-2-4-9(14)18-7/h1-5H,(H,16,17). The van der Waals surface area contributed by atoms with Crippen LogP contribution in [0.1, 0.15) is 10.6 Å². The molecule has 0 saturated heterocycles. The molecule has 19 heavy (non-hydrogen) atoms. The van der Waals surface area contributed by atoms with Gasteiger partial charge in [0.2, 0.25) is 0 Å². The van der Waals surface area contributed by atoms with Crippen molar-refractivity contribution in [2.24, 2.45) is 0 Å². The number of anilines is 1. The fourth-order valence-corrected chi connectivity index (χ4v) is 2.67. The maximum absolute atomic E-state index is 12.0. The molecule has 0 atom stereocenters. The molecule has 0 fully saturated rings. The van der Waals surface area contributed by atoms with E-state index in [9.17, 15) is 4.79 Å². The van der Waals surface area contributed by atoms with Crippen LogP contribution in [-0.4, -0.2) is 10.9 Å². The third-order valence-electron chi connectivity index (χ3n) is 2.49. The maximum Gasteiger partial charge on any atom is 0.291 e. The highest BCUT2D eigenvalue weighted by molar-refractivity contribution is 7.16. The van der Waals surface area contributed by atoms with E-state index < -0.39 is 5.91 Å². The quantitative estimate of drug-likeness (QED) is 0.760. The number of aromatic nitrogens is 1. The Balaban J connectivity index is 1.99. The van der Waals surface area contributed by atoms with Crippen molar-refractivity contribution in [2.75, 3.05) is 5.32 Å². The van der Waals surface area contributed by atoms with E-state index in [-0.39, 0.29) is 11.0 Å². The van der Waals surface area contributed by atoms with Crippen molar-refractivity contribution < 1.29 is 9.21 Å². The normalized spacial score (nSPS) is 10.8. The van der Waals surface area contributed by atoms with Crippen LogP contribution in [0.15, 0.2) is 34.2 Å². The van der Waals surface area contributed by atoms with Crippen molar-refractivity contribution in [2.45, 2.75) is 0 Å². The Hall–Kier alpha value is -1.56. The van der Waals surface area contributed by atoms with Crippen LogP contribution < -0.4 is 5.32 Å². The minimum atomic E-state index is -0.422. The lowest BCUT2D eigenvalue weighted by molar-refractivity contribution is 0.0997. The van der Waals surface area contributed by atoms with Gasteiger partial charge in [0.15, 0.2) is 11.0 Å². The highest BCUT2D eigenvalue weighted by atomic mass is 35.5. The molecule has 0 saturated carbocycles. The molecule has 4 nitrogen and oxygen atoms in total. The molecular weight excluding hydrogens is 307 g/mol. The van der Waals surface area contributed by atoms with Gasteiger partial charge in [0, 0.05) is 0 Å². The van der Waals surface area contributed by atoms with Gasteiger partial charge in [-0.25, -0.2) is 4.98 Å². The van der Waals surface area contributed by atoms with Gasteiger partial charge >= 0.3 is 0 Å². The van der Waals surface area contributed by atoms with Gasteiger partial charge in [0.05, 0.1) is 20.9 Å². The lowest BCUT2D eigenvalue weighted by Crippen LogP contribution is -2.11. The Morgan fingerprint density at radius 3 is 2.84 bits per heavy atom. The first kappa shape index (κ1) is 12.5. The first-order valence-corrected chi connectivity index (χ1v) is 6.87. The zero-order valence-corrected chi connectivity index (χ0v) is 11.6. The van der Waals surface area contributed by atoms with E-state index in [0.29, 0.717) is 16.2 Å². The molecule has 1 aromatic carbocycles. The number of nitrogens with zero attached hydrogens (tertiary/aromatic N) is 1. The van der Waals surface area contributed by atoms with Crippen LogP contribution in [0.2, 0.25) is 10.2 Å². The number of amides is 1. The van der Waals surface area contributed by atoms with E-state index >= 15 is 0 Å². The van der Waals surface area contributed by atoms with Gasteiger partial charge in [-0.05, 0) is 35.9 Å². The topological polar surface area (TPSA) is 55.1 Å². The van der Waals surface area contributed by atoms with Crippen molar-refractivity contribution in [1.82, 2.24) is 4.98 Å². The molecule has 7 heteroatoms. The number of nitrogens with one attached hydrogen (secondary N) is 1. The van der Waals surface area contributed by atoms with E-state index in [2.05, 4.69) is 10.3 Å². The van der Waals surface area contributed by atoms with E-state index in [4.69, 9.17) is 27.6 Å². The van der Waals surface area contributed by atoms with E-state index in [0.717, 1.165) is 4.70 Å². The van der Waals surface area contributed by atoms with Gasteiger partial charge in [-0.1, -0.05) is 11.6 Å². The molecule has 3 rings (SSSR count). The summed E-state index contributed by atoms with van der Waals surface area (Å²) >= 11 is 13.2. The summed E-state index contributed by atoms with van der Waals surface area (Å²) in [6, 6.07) is 6.57. The van der Waals surface area contributed by atoms with Crippen molar-refractivity contribution in [3.05, 3.63) is 45.8 Å². The fourth-order valence-electron chi connectivity index (χ4n) is 1.64. The minimum absolute atomic E-state index is 0.119. The van der Waals surface area contributed by atoms with Gasteiger partial charge < -0.3 is 9.73 Å². The number of fused-ring (bicyclic) bond motifs is 1. The number of carbonyl (C=O) groups is 1. The van der Waals surface area contributed by atoms with Crippen LogP contribution in [0.4, 0.5) is 5.69 Å². The van der Waals surface area contributed by atoms with Crippen LogP contribution >= 0.6 is 34.5 Å². The predicted molar refractivity (Wildman–Crippen MR) is 76.3 cm³/mol. The summed E-state index contributed by atoms with van der Waals surface area (Å²) in [5, 5.41) is 3.27. The van der Waals surface area contributed by atoms with Crippen molar-refractivity contribution >= 4 is 56.3 Å². The van der Waals surface area contributed by atoms with Crippen molar-refractivity contribution in [3.8, 4) is 0 Å². The molecule has 1 N–H and O–H groups in total.